The fourth-order valence-corrected chi connectivity index (χ4v) is 2.75. The second kappa shape index (κ2) is 5.35. The third-order valence-electron chi connectivity index (χ3n) is 3.84. The average Bonchev–Trinajstić information content (AvgIpc) is 2.39. The highest BCUT2D eigenvalue weighted by molar-refractivity contribution is 5.82. The van der Waals surface area contributed by atoms with Gasteiger partial charge in [0, 0.05) is 19.0 Å². The van der Waals surface area contributed by atoms with Crippen LogP contribution in [0, 0.1) is 11.3 Å². The van der Waals surface area contributed by atoms with Crippen molar-refractivity contribution in [2.45, 2.75) is 33.1 Å². The van der Waals surface area contributed by atoms with Crippen LogP contribution in [0.15, 0.2) is 24.3 Å². The normalized spacial score (nSPS) is 18.6. The van der Waals surface area contributed by atoms with Crippen LogP contribution in [0.3, 0.4) is 0 Å². The summed E-state index contributed by atoms with van der Waals surface area (Å²) in [4.78, 5) is 2.18. The second-order valence-corrected chi connectivity index (χ2v) is 4.77. The Kier molecular flexibility index (Phi) is 3.82. The first-order valence-electron chi connectivity index (χ1n) is 6.66. The van der Waals surface area contributed by atoms with Crippen LogP contribution < -0.4 is 0 Å². The summed E-state index contributed by atoms with van der Waals surface area (Å²) in [6.07, 6.45) is 3.31. The maximum absolute atomic E-state index is 8.31. The highest BCUT2D eigenvalue weighted by Gasteiger charge is 2.24. The molecule has 1 unspecified atom stereocenters. The van der Waals surface area contributed by atoms with Gasteiger partial charge in [-0.1, -0.05) is 24.3 Å². The lowest BCUT2D eigenvalue weighted by Crippen LogP contribution is -2.37. The molecule has 92 valence electrons. The van der Waals surface area contributed by atoms with Crippen molar-refractivity contribution in [1.29, 1.82) is 5.41 Å². The zero-order valence-electron chi connectivity index (χ0n) is 10.9. The van der Waals surface area contributed by atoms with Crippen molar-refractivity contribution in [3.63, 3.8) is 0 Å². The molecule has 0 heterocycles. The molecule has 17 heavy (non-hydrogen) atoms. The Morgan fingerprint density at radius 1 is 1.24 bits per heavy atom. The zero-order valence-corrected chi connectivity index (χ0v) is 10.9. The molecular weight excluding hydrogens is 208 g/mol. The van der Waals surface area contributed by atoms with E-state index < -0.39 is 0 Å². The summed E-state index contributed by atoms with van der Waals surface area (Å²) in [6, 6.07) is 8.68. The third kappa shape index (κ3) is 2.51. The van der Waals surface area contributed by atoms with Crippen LogP contribution in [0.5, 0.6) is 0 Å². The van der Waals surface area contributed by atoms with Crippen LogP contribution >= 0.6 is 0 Å². The van der Waals surface area contributed by atoms with Gasteiger partial charge in [0.1, 0.15) is 0 Å². The lowest BCUT2D eigenvalue weighted by atomic mass is 9.83. The SMILES string of the molecule is CCN(CC)C(=N)C1CCc2ccccc2C1. The molecule has 0 fully saturated rings. The summed E-state index contributed by atoms with van der Waals surface area (Å²) in [5.41, 5.74) is 2.93. The number of nitrogens with zero attached hydrogens (tertiary/aromatic N) is 1. The summed E-state index contributed by atoms with van der Waals surface area (Å²) in [5.74, 6) is 1.26. The molecule has 0 aromatic heterocycles. The number of aryl methyl sites for hydroxylation is 1. The Balaban J connectivity index is 2.09. The minimum Gasteiger partial charge on any atom is -0.361 e. The largest absolute Gasteiger partial charge is 0.361 e. The Bertz CT molecular complexity index is 394. The van der Waals surface area contributed by atoms with Crippen molar-refractivity contribution in [3.8, 4) is 0 Å². The molecule has 2 rings (SSSR count). The average molecular weight is 230 g/mol. The van der Waals surface area contributed by atoms with Crippen molar-refractivity contribution in [2.75, 3.05) is 13.1 Å². The maximum atomic E-state index is 8.31. The van der Waals surface area contributed by atoms with E-state index >= 15 is 0 Å². The molecule has 0 saturated carbocycles. The lowest BCUT2D eigenvalue weighted by Gasteiger charge is -2.31. The Labute approximate surface area is 104 Å². The molecule has 1 aromatic rings. The standard InChI is InChI=1S/C15H22N2/c1-3-17(4-2)15(16)14-10-9-12-7-5-6-8-13(12)11-14/h5-8,14,16H,3-4,9-11H2,1-2H3. The molecule has 1 aliphatic carbocycles. The van der Waals surface area contributed by atoms with Crippen LogP contribution in [0.2, 0.25) is 0 Å². The topological polar surface area (TPSA) is 27.1 Å². The number of benzene rings is 1. The molecule has 1 N–H and O–H groups in total. The van der Waals surface area contributed by atoms with E-state index in [0.29, 0.717) is 5.92 Å². The number of hydrogen-bond acceptors (Lipinski definition) is 1. The third-order valence-corrected chi connectivity index (χ3v) is 3.84. The highest BCUT2D eigenvalue weighted by Crippen LogP contribution is 2.26. The molecule has 0 amide bonds. The minimum absolute atomic E-state index is 0.421. The summed E-state index contributed by atoms with van der Waals surface area (Å²) in [7, 11) is 0. The van der Waals surface area contributed by atoms with Crippen LogP contribution in [0.25, 0.3) is 0 Å². The van der Waals surface area contributed by atoms with Crippen molar-refractivity contribution in [2.24, 2.45) is 5.92 Å². The zero-order chi connectivity index (χ0) is 12.3. The maximum Gasteiger partial charge on any atom is 0.0992 e. The molecule has 1 aromatic carbocycles. The van der Waals surface area contributed by atoms with E-state index in [-0.39, 0.29) is 0 Å². The first-order valence-corrected chi connectivity index (χ1v) is 6.66. The molecule has 2 nitrogen and oxygen atoms in total. The highest BCUT2D eigenvalue weighted by atomic mass is 15.2. The van der Waals surface area contributed by atoms with Gasteiger partial charge in [-0.2, -0.15) is 0 Å². The Morgan fingerprint density at radius 3 is 2.53 bits per heavy atom. The van der Waals surface area contributed by atoms with Crippen LogP contribution in [-0.4, -0.2) is 23.8 Å². The van der Waals surface area contributed by atoms with Crippen LogP contribution in [-0.2, 0) is 12.8 Å². The van der Waals surface area contributed by atoms with Crippen molar-refractivity contribution < 1.29 is 0 Å². The number of hydrogen-bond donors (Lipinski definition) is 1. The predicted octanol–water partition coefficient (Wildman–Crippen LogP) is 3.11. The molecular formula is C15H22N2. The van der Waals surface area contributed by atoms with Gasteiger partial charge in [-0.25, -0.2) is 0 Å². The van der Waals surface area contributed by atoms with Gasteiger partial charge in [0.25, 0.3) is 0 Å². The van der Waals surface area contributed by atoms with Gasteiger partial charge in [0.15, 0.2) is 0 Å². The Hall–Kier alpha value is -1.31. The number of rotatable bonds is 3. The van der Waals surface area contributed by atoms with Gasteiger partial charge in [0.05, 0.1) is 5.84 Å². The Morgan fingerprint density at radius 2 is 1.88 bits per heavy atom. The molecule has 0 saturated heterocycles. The van der Waals surface area contributed by atoms with Gasteiger partial charge in [-0.15, -0.1) is 0 Å². The number of fused-ring (bicyclic) bond motifs is 1. The summed E-state index contributed by atoms with van der Waals surface area (Å²) >= 11 is 0. The first-order chi connectivity index (χ1) is 8.26. The van der Waals surface area contributed by atoms with Gasteiger partial charge < -0.3 is 4.90 Å². The first kappa shape index (κ1) is 12.2. The van der Waals surface area contributed by atoms with Crippen LogP contribution in [0.4, 0.5) is 0 Å². The van der Waals surface area contributed by atoms with E-state index in [1.54, 1.807) is 0 Å². The number of amidine groups is 1. The molecule has 2 heteroatoms. The van der Waals surface area contributed by atoms with Crippen molar-refractivity contribution in [3.05, 3.63) is 35.4 Å². The molecule has 0 aliphatic heterocycles. The van der Waals surface area contributed by atoms with Gasteiger partial charge >= 0.3 is 0 Å². The van der Waals surface area contributed by atoms with E-state index in [0.717, 1.165) is 38.2 Å². The van der Waals surface area contributed by atoms with Crippen LogP contribution in [0.1, 0.15) is 31.4 Å². The van der Waals surface area contributed by atoms with E-state index in [1.165, 1.54) is 11.1 Å². The van der Waals surface area contributed by atoms with E-state index in [1.807, 2.05) is 0 Å². The van der Waals surface area contributed by atoms with E-state index in [9.17, 15) is 0 Å². The molecule has 0 spiro atoms. The fraction of sp³-hybridized carbons (Fsp3) is 0.533. The minimum atomic E-state index is 0.421. The number of nitrogens with one attached hydrogen (secondary N) is 1. The lowest BCUT2D eigenvalue weighted by molar-refractivity contribution is 0.412. The summed E-state index contributed by atoms with van der Waals surface area (Å²) in [6.45, 7) is 6.17. The van der Waals surface area contributed by atoms with Crippen molar-refractivity contribution in [1.82, 2.24) is 4.90 Å². The van der Waals surface area contributed by atoms with E-state index in [4.69, 9.17) is 5.41 Å². The second-order valence-electron chi connectivity index (χ2n) is 4.77. The van der Waals surface area contributed by atoms with Gasteiger partial charge in [-0.05, 0) is 44.2 Å². The summed E-state index contributed by atoms with van der Waals surface area (Å²) in [5, 5.41) is 8.31. The smallest absolute Gasteiger partial charge is 0.0992 e. The summed E-state index contributed by atoms with van der Waals surface area (Å²) < 4.78 is 0. The predicted molar refractivity (Wildman–Crippen MR) is 72.6 cm³/mol. The van der Waals surface area contributed by atoms with Gasteiger partial charge in [0.2, 0.25) is 0 Å². The molecule has 1 aliphatic rings. The van der Waals surface area contributed by atoms with E-state index in [2.05, 4.69) is 43.0 Å². The van der Waals surface area contributed by atoms with Gasteiger partial charge in [-0.3, -0.25) is 5.41 Å². The molecule has 0 bridgehead atoms. The molecule has 0 radical (unpaired) electrons. The van der Waals surface area contributed by atoms with Crippen molar-refractivity contribution >= 4 is 5.84 Å². The fourth-order valence-electron chi connectivity index (χ4n) is 2.75. The molecule has 1 atom stereocenters. The quantitative estimate of drug-likeness (QED) is 0.627. The monoisotopic (exact) mass is 230 g/mol.